The second-order valence-corrected chi connectivity index (χ2v) is 7.60. The molecule has 0 radical (unpaired) electrons. The van der Waals surface area contributed by atoms with Gasteiger partial charge >= 0.3 is 5.69 Å². The monoisotopic (exact) mass is 415 g/mol. The molecule has 1 unspecified atom stereocenters. The highest BCUT2D eigenvalue weighted by Crippen LogP contribution is 2.33. The van der Waals surface area contributed by atoms with Crippen LogP contribution < -0.4 is 10.4 Å². The van der Waals surface area contributed by atoms with Crippen molar-refractivity contribution in [2.75, 3.05) is 26.4 Å². The lowest BCUT2D eigenvalue weighted by Crippen LogP contribution is -2.34. The van der Waals surface area contributed by atoms with Gasteiger partial charge in [-0.3, -0.25) is 4.57 Å². The van der Waals surface area contributed by atoms with E-state index in [-0.39, 0.29) is 11.8 Å². The van der Waals surface area contributed by atoms with Gasteiger partial charge in [0.05, 0.1) is 37.1 Å². The Hall–Kier alpha value is -3.47. The number of hydrogen-bond acceptors (Lipinski definition) is 6. The fraction of sp³-hybridized carbons (Fsp3) is 0.292. The van der Waals surface area contributed by atoms with Gasteiger partial charge in [-0.25, -0.2) is 4.79 Å². The largest absolute Gasteiger partial charge is 0.475 e. The average molecular weight is 415 g/mol. The number of nitriles is 1. The Balaban J connectivity index is 1.43. The lowest BCUT2D eigenvalue weighted by Gasteiger charge is -2.24. The molecule has 0 spiro atoms. The molecule has 31 heavy (non-hydrogen) atoms. The normalized spacial score (nSPS) is 17.3. The smallest absolute Gasteiger partial charge is 0.351 e. The molecule has 2 aliphatic rings. The van der Waals surface area contributed by atoms with Crippen molar-refractivity contribution < 1.29 is 14.2 Å². The Morgan fingerprint density at radius 1 is 1.13 bits per heavy atom. The minimum Gasteiger partial charge on any atom is -0.475 e. The van der Waals surface area contributed by atoms with Crippen LogP contribution in [0.4, 0.5) is 0 Å². The first-order valence-electron chi connectivity index (χ1n) is 10.3. The van der Waals surface area contributed by atoms with E-state index in [1.807, 2.05) is 42.5 Å². The molecule has 3 aromatic rings. The number of fused-ring (bicyclic) bond motifs is 3. The number of benzene rings is 2. The highest BCUT2D eigenvalue weighted by atomic mass is 16.6. The van der Waals surface area contributed by atoms with Gasteiger partial charge in [0.1, 0.15) is 12.7 Å². The molecule has 7 nitrogen and oxygen atoms in total. The predicted molar refractivity (Wildman–Crippen MR) is 114 cm³/mol. The Kier molecular flexibility index (Phi) is 5.24. The summed E-state index contributed by atoms with van der Waals surface area (Å²) in [6.07, 6.45) is 0.596. The number of aryl methyl sites for hydroxylation is 1. The highest BCUT2D eigenvalue weighted by Gasteiger charge is 2.21. The maximum absolute atomic E-state index is 12.6. The summed E-state index contributed by atoms with van der Waals surface area (Å²) in [4.78, 5) is 16.7. The van der Waals surface area contributed by atoms with E-state index in [1.54, 1.807) is 4.57 Å². The summed E-state index contributed by atoms with van der Waals surface area (Å²) in [5, 5.41) is 9.00. The Morgan fingerprint density at radius 2 is 1.97 bits per heavy atom. The van der Waals surface area contributed by atoms with Gasteiger partial charge in [0.25, 0.3) is 0 Å². The van der Waals surface area contributed by atoms with Gasteiger partial charge in [0.2, 0.25) is 5.88 Å². The zero-order valence-electron chi connectivity index (χ0n) is 16.9. The van der Waals surface area contributed by atoms with Crippen molar-refractivity contribution in [1.29, 1.82) is 5.26 Å². The highest BCUT2D eigenvalue weighted by molar-refractivity contribution is 5.73. The van der Waals surface area contributed by atoms with Crippen LogP contribution in [-0.2, 0) is 22.4 Å². The minimum absolute atomic E-state index is 0.156. The van der Waals surface area contributed by atoms with Gasteiger partial charge in [-0.2, -0.15) is 10.2 Å². The minimum atomic E-state index is -0.310. The van der Waals surface area contributed by atoms with Gasteiger partial charge in [-0.1, -0.05) is 30.3 Å². The number of nitrogens with zero attached hydrogens (tertiary/aromatic N) is 3. The number of ether oxygens (including phenoxy) is 3. The molecule has 1 atom stereocenters. The zero-order chi connectivity index (χ0) is 21.2. The van der Waals surface area contributed by atoms with E-state index in [9.17, 15) is 4.79 Å². The summed E-state index contributed by atoms with van der Waals surface area (Å²) in [6.45, 7) is 2.48. The van der Waals surface area contributed by atoms with Gasteiger partial charge in [-0.15, -0.1) is 0 Å². The van der Waals surface area contributed by atoms with Crippen LogP contribution >= 0.6 is 0 Å². The number of aromatic nitrogens is 2. The predicted octanol–water partition coefficient (Wildman–Crippen LogP) is 2.80. The fourth-order valence-corrected chi connectivity index (χ4v) is 4.01. The van der Waals surface area contributed by atoms with E-state index in [1.165, 1.54) is 5.56 Å². The Bertz CT molecular complexity index is 1200. The van der Waals surface area contributed by atoms with Crippen molar-refractivity contribution >= 4 is 0 Å². The molecule has 1 fully saturated rings. The molecule has 0 aliphatic carbocycles. The van der Waals surface area contributed by atoms with E-state index < -0.39 is 0 Å². The van der Waals surface area contributed by atoms with E-state index in [0.29, 0.717) is 44.4 Å². The summed E-state index contributed by atoms with van der Waals surface area (Å²) in [5.74, 6) is 0.300. The second kappa shape index (κ2) is 8.34. The summed E-state index contributed by atoms with van der Waals surface area (Å²) in [5.41, 5.74) is 5.45. The third-order valence-electron chi connectivity index (χ3n) is 5.62. The van der Waals surface area contributed by atoms with Crippen molar-refractivity contribution in [2.24, 2.45) is 0 Å². The maximum Gasteiger partial charge on any atom is 0.351 e. The second-order valence-electron chi connectivity index (χ2n) is 7.60. The van der Waals surface area contributed by atoms with Crippen LogP contribution in [0.5, 0.6) is 5.88 Å². The van der Waals surface area contributed by atoms with Crippen LogP contribution in [0.25, 0.3) is 22.4 Å². The molecular weight excluding hydrogens is 394 g/mol. The SMILES string of the molecule is N#Cc1ccc(-c2ccc3c(c2)CCn2c-3cc(OCC3COCCO3)nc2=O)cc1. The van der Waals surface area contributed by atoms with Crippen LogP contribution in [-0.4, -0.2) is 42.1 Å². The molecule has 0 saturated carbocycles. The lowest BCUT2D eigenvalue weighted by molar-refractivity contribution is -0.102. The lowest BCUT2D eigenvalue weighted by atomic mass is 9.93. The van der Waals surface area contributed by atoms with Crippen molar-refractivity contribution in [3.05, 3.63) is 70.1 Å². The first kappa shape index (κ1) is 19.5. The molecule has 5 rings (SSSR count). The average Bonchev–Trinajstić information content (AvgIpc) is 2.83. The molecule has 1 saturated heterocycles. The van der Waals surface area contributed by atoms with Crippen molar-refractivity contribution in [3.8, 4) is 34.3 Å². The number of rotatable bonds is 4. The molecular formula is C24H21N3O4. The van der Waals surface area contributed by atoms with Crippen LogP contribution in [0.3, 0.4) is 0 Å². The fourth-order valence-electron chi connectivity index (χ4n) is 4.01. The Morgan fingerprint density at radius 3 is 2.74 bits per heavy atom. The molecule has 0 amide bonds. The third kappa shape index (κ3) is 3.96. The van der Waals surface area contributed by atoms with Gasteiger partial charge in [0, 0.05) is 18.2 Å². The topological polar surface area (TPSA) is 86.4 Å². The summed E-state index contributed by atoms with van der Waals surface area (Å²) in [6, 6.07) is 17.7. The third-order valence-corrected chi connectivity index (χ3v) is 5.62. The van der Waals surface area contributed by atoms with E-state index in [4.69, 9.17) is 19.5 Å². The van der Waals surface area contributed by atoms with Gasteiger partial charge in [0.15, 0.2) is 0 Å². The van der Waals surface area contributed by atoms with E-state index in [0.717, 1.165) is 28.8 Å². The van der Waals surface area contributed by atoms with Crippen LogP contribution in [0.1, 0.15) is 11.1 Å². The van der Waals surface area contributed by atoms with Crippen LogP contribution in [0, 0.1) is 11.3 Å². The van der Waals surface area contributed by atoms with Crippen LogP contribution in [0.15, 0.2) is 53.3 Å². The van der Waals surface area contributed by atoms with Crippen molar-refractivity contribution in [2.45, 2.75) is 19.1 Å². The molecule has 1 aromatic heterocycles. The molecule has 3 heterocycles. The first-order valence-corrected chi connectivity index (χ1v) is 10.3. The number of hydrogen-bond donors (Lipinski definition) is 0. The van der Waals surface area contributed by atoms with Crippen LogP contribution in [0.2, 0.25) is 0 Å². The summed E-state index contributed by atoms with van der Waals surface area (Å²) >= 11 is 0. The molecule has 0 bridgehead atoms. The molecule has 2 aliphatic heterocycles. The van der Waals surface area contributed by atoms with E-state index >= 15 is 0 Å². The standard InChI is InChI=1S/C24H21N3O4/c25-13-16-1-3-17(4-2-16)18-5-6-21-19(11-18)7-8-27-22(21)12-23(26-24(27)28)31-15-20-14-29-9-10-30-20/h1-6,11-12,20H,7-10,14-15H2. The molecule has 0 N–H and O–H groups in total. The first-order chi connectivity index (χ1) is 15.2. The summed E-state index contributed by atoms with van der Waals surface area (Å²) < 4.78 is 18.4. The van der Waals surface area contributed by atoms with Gasteiger partial charge in [-0.05, 0) is 35.2 Å². The molecule has 2 aromatic carbocycles. The van der Waals surface area contributed by atoms with E-state index in [2.05, 4.69) is 17.1 Å². The molecule has 156 valence electrons. The zero-order valence-corrected chi connectivity index (χ0v) is 16.9. The maximum atomic E-state index is 12.6. The van der Waals surface area contributed by atoms with Gasteiger partial charge < -0.3 is 14.2 Å². The Labute approximate surface area is 179 Å². The van der Waals surface area contributed by atoms with Crippen molar-refractivity contribution in [1.82, 2.24) is 9.55 Å². The summed E-state index contributed by atoms with van der Waals surface area (Å²) in [7, 11) is 0. The quantitative estimate of drug-likeness (QED) is 0.651. The molecule has 7 heteroatoms. The van der Waals surface area contributed by atoms with Crippen molar-refractivity contribution in [3.63, 3.8) is 0 Å².